The van der Waals surface area contributed by atoms with Crippen molar-refractivity contribution in [3.8, 4) is 5.88 Å². The Morgan fingerprint density at radius 3 is 2.84 bits per heavy atom. The highest BCUT2D eigenvalue weighted by Crippen LogP contribution is 2.19. The van der Waals surface area contributed by atoms with Crippen LogP contribution in [-0.4, -0.2) is 53.6 Å². The lowest BCUT2D eigenvalue weighted by Gasteiger charge is -2.35. The summed E-state index contributed by atoms with van der Waals surface area (Å²) in [5, 5.41) is 3.08. The molecule has 0 bridgehead atoms. The van der Waals surface area contributed by atoms with Gasteiger partial charge in [-0.25, -0.2) is 15.0 Å². The number of hydrogen-bond acceptors (Lipinski definition) is 6. The minimum atomic E-state index is 0.478. The molecule has 25 heavy (non-hydrogen) atoms. The summed E-state index contributed by atoms with van der Waals surface area (Å²) in [6.45, 7) is 6.71. The lowest BCUT2D eigenvalue weighted by Crippen LogP contribution is -2.51. The summed E-state index contributed by atoms with van der Waals surface area (Å²) in [5.41, 5.74) is 7.15. The van der Waals surface area contributed by atoms with Gasteiger partial charge in [-0.1, -0.05) is 13.0 Å². The van der Waals surface area contributed by atoms with Gasteiger partial charge in [0, 0.05) is 49.5 Å². The van der Waals surface area contributed by atoms with Gasteiger partial charge < -0.3 is 20.3 Å². The van der Waals surface area contributed by atoms with Crippen LogP contribution in [0.1, 0.15) is 18.9 Å². The van der Waals surface area contributed by atoms with E-state index in [9.17, 15) is 0 Å². The van der Waals surface area contributed by atoms with Crippen LogP contribution in [0.15, 0.2) is 34.9 Å². The van der Waals surface area contributed by atoms with Crippen LogP contribution < -0.4 is 15.4 Å². The van der Waals surface area contributed by atoms with E-state index in [4.69, 9.17) is 10.5 Å². The molecule has 0 aromatic carbocycles. The Bertz CT molecular complexity index is 682. The Kier molecular flexibility index (Phi) is 6.05. The molecule has 1 aliphatic heterocycles. The molecular weight excluding hydrogens is 336 g/mol. The molecule has 0 radical (unpaired) electrons. The molecule has 2 aromatic rings. The van der Waals surface area contributed by atoms with Crippen molar-refractivity contribution in [1.82, 2.24) is 14.9 Å². The van der Waals surface area contributed by atoms with Gasteiger partial charge >= 0.3 is 0 Å². The first kappa shape index (κ1) is 17.5. The van der Waals surface area contributed by atoms with E-state index >= 15 is 0 Å². The molecule has 1 aliphatic rings. The van der Waals surface area contributed by atoms with Gasteiger partial charge in [-0.2, -0.15) is 0 Å². The Labute approximate surface area is 152 Å². The Morgan fingerprint density at radius 2 is 2.12 bits per heavy atom. The quantitative estimate of drug-likeness (QED) is 0.627. The summed E-state index contributed by atoms with van der Waals surface area (Å²) in [4.78, 5) is 17.6. The van der Waals surface area contributed by atoms with Crippen molar-refractivity contribution in [2.75, 3.05) is 37.7 Å². The van der Waals surface area contributed by atoms with Crippen LogP contribution in [0.25, 0.3) is 0 Å². The van der Waals surface area contributed by atoms with Crippen LogP contribution in [0.3, 0.4) is 0 Å². The van der Waals surface area contributed by atoms with Crippen LogP contribution in [0, 0.1) is 0 Å². The van der Waals surface area contributed by atoms with Crippen molar-refractivity contribution in [2.45, 2.75) is 19.9 Å². The zero-order valence-electron chi connectivity index (χ0n) is 14.5. The Balaban J connectivity index is 1.56. The number of ether oxygens (including phenoxy) is 1. The molecule has 0 unspecified atom stereocenters. The molecule has 1 saturated heterocycles. The molecule has 0 atom stereocenters. The summed E-state index contributed by atoms with van der Waals surface area (Å²) in [6, 6.07) is 3.88. The molecule has 7 nitrogen and oxygen atoms in total. The Hall–Kier alpha value is -2.35. The summed E-state index contributed by atoms with van der Waals surface area (Å²) in [7, 11) is 0. The first-order valence-electron chi connectivity index (χ1n) is 8.54. The standard InChI is InChI=1S/C17H24N6OS/c1-2-11-24-15-14(4-3-5-19-15)13-21-16(18)22-7-9-23(10-8-22)17-20-6-12-25-17/h3-6,12H,2,7-11,13H2,1H3,(H2,18,21). The zero-order chi connectivity index (χ0) is 17.5. The molecule has 134 valence electrons. The van der Waals surface area contributed by atoms with Crippen molar-refractivity contribution in [3.05, 3.63) is 35.5 Å². The molecule has 0 saturated carbocycles. The monoisotopic (exact) mass is 360 g/mol. The number of nitrogens with two attached hydrogens (primary N) is 1. The molecule has 0 spiro atoms. The highest BCUT2D eigenvalue weighted by atomic mass is 32.1. The minimum absolute atomic E-state index is 0.478. The van der Waals surface area contributed by atoms with Gasteiger partial charge in [0.2, 0.25) is 5.88 Å². The van der Waals surface area contributed by atoms with Gasteiger partial charge in [0.25, 0.3) is 0 Å². The first-order chi connectivity index (χ1) is 12.3. The topological polar surface area (TPSA) is 79.9 Å². The number of hydrogen-bond donors (Lipinski definition) is 1. The molecule has 8 heteroatoms. The molecule has 2 N–H and O–H groups in total. The van der Waals surface area contributed by atoms with Crippen molar-refractivity contribution in [1.29, 1.82) is 0 Å². The maximum absolute atomic E-state index is 6.19. The number of guanidine groups is 1. The fourth-order valence-corrected chi connectivity index (χ4v) is 3.34. The van der Waals surface area contributed by atoms with E-state index in [1.807, 2.05) is 23.7 Å². The van der Waals surface area contributed by atoms with Crippen molar-refractivity contribution in [3.63, 3.8) is 0 Å². The molecule has 2 aromatic heterocycles. The third kappa shape index (κ3) is 4.60. The third-order valence-corrected chi connectivity index (χ3v) is 4.83. The van der Waals surface area contributed by atoms with Crippen LogP contribution in [0.4, 0.5) is 5.13 Å². The van der Waals surface area contributed by atoms with E-state index in [1.165, 1.54) is 0 Å². The number of thiazole rings is 1. The van der Waals surface area contributed by atoms with Crippen LogP contribution >= 0.6 is 11.3 Å². The summed E-state index contributed by atoms with van der Waals surface area (Å²) in [6.07, 6.45) is 4.53. The maximum atomic E-state index is 6.19. The second-order valence-electron chi connectivity index (χ2n) is 5.78. The van der Waals surface area contributed by atoms with E-state index in [0.29, 0.717) is 25.0 Å². The normalized spacial score (nSPS) is 15.5. The second-order valence-corrected chi connectivity index (χ2v) is 6.65. The van der Waals surface area contributed by atoms with Crippen LogP contribution in [-0.2, 0) is 6.54 Å². The number of aromatic nitrogens is 2. The second kappa shape index (κ2) is 8.66. The predicted molar refractivity (Wildman–Crippen MR) is 101 cm³/mol. The summed E-state index contributed by atoms with van der Waals surface area (Å²) in [5.74, 6) is 1.22. The fourth-order valence-electron chi connectivity index (χ4n) is 2.64. The van der Waals surface area contributed by atoms with Crippen LogP contribution in [0.2, 0.25) is 0 Å². The first-order valence-corrected chi connectivity index (χ1v) is 9.42. The van der Waals surface area contributed by atoms with Gasteiger partial charge in [0.15, 0.2) is 11.1 Å². The van der Waals surface area contributed by atoms with Crippen molar-refractivity contribution in [2.24, 2.45) is 10.7 Å². The smallest absolute Gasteiger partial charge is 0.218 e. The molecule has 1 fully saturated rings. The number of piperazine rings is 1. The highest BCUT2D eigenvalue weighted by Gasteiger charge is 2.19. The Morgan fingerprint density at radius 1 is 1.28 bits per heavy atom. The average Bonchev–Trinajstić information content (AvgIpc) is 3.20. The molecule has 3 heterocycles. The predicted octanol–water partition coefficient (Wildman–Crippen LogP) is 1.96. The summed E-state index contributed by atoms with van der Waals surface area (Å²) >= 11 is 1.67. The number of nitrogens with zero attached hydrogens (tertiary/aromatic N) is 5. The number of anilines is 1. The van der Waals surface area contributed by atoms with E-state index in [-0.39, 0.29) is 0 Å². The maximum Gasteiger partial charge on any atom is 0.218 e. The van der Waals surface area contributed by atoms with Gasteiger partial charge in [0.1, 0.15) is 0 Å². The van der Waals surface area contributed by atoms with E-state index in [0.717, 1.165) is 43.3 Å². The lowest BCUT2D eigenvalue weighted by molar-refractivity contribution is 0.302. The fraction of sp³-hybridized carbons (Fsp3) is 0.471. The van der Waals surface area contributed by atoms with Crippen molar-refractivity contribution >= 4 is 22.4 Å². The number of pyridine rings is 1. The molecular formula is C17H24N6OS. The van der Waals surface area contributed by atoms with Gasteiger partial charge in [-0.15, -0.1) is 11.3 Å². The summed E-state index contributed by atoms with van der Waals surface area (Å²) < 4.78 is 5.67. The lowest BCUT2D eigenvalue weighted by atomic mass is 10.3. The zero-order valence-corrected chi connectivity index (χ0v) is 15.3. The largest absolute Gasteiger partial charge is 0.477 e. The average molecular weight is 360 g/mol. The number of rotatable bonds is 6. The van der Waals surface area contributed by atoms with E-state index in [2.05, 4.69) is 31.7 Å². The molecule has 0 aliphatic carbocycles. The third-order valence-electron chi connectivity index (χ3n) is 4.00. The molecule has 3 rings (SSSR count). The van der Waals surface area contributed by atoms with Crippen molar-refractivity contribution < 1.29 is 4.74 Å². The highest BCUT2D eigenvalue weighted by molar-refractivity contribution is 7.13. The molecule has 0 amide bonds. The van der Waals surface area contributed by atoms with Gasteiger partial charge in [-0.3, -0.25) is 0 Å². The van der Waals surface area contributed by atoms with E-state index in [1.54, 1.807) is 17.5 Å². The minimum Gasteiger partial charge on any atom is -0.477 e. The van der Waals surface area contributed by atoms with E-state index < -0.39 is 0 Å². The number of aliphatic imine (C=N–C) groups is 1. The SMILES string of the molecule is CCCOc1ncccc1CN=C(N)N1CCN(c2nccs2)CC1. The van der Waals surface area contributed by atoms with Gasteiger partial charge in [-0.05, 0) is 12.5 Å². The van der Waals surface area contributed by atoms with Crippen LogP contribution in [0.5, 0.6) is 5.88 Å². The van der Waals surface area contributed by atoms with Gasteiger partial charge in [0.05, 0.1) is 13.2 Å².